The molecule has 2 aromatic carbocycles. The van der Waals surface area contributed by atoms with Crippen molar-refractivity contribution >= 4 is 33.6 Å². The zero-order valence-electron chi connectivity index (χ0n) is 12.3. The average molecular weight is 380 g/mol. The van der Waals surface area contributed by atoms with E-state index in [1.54, 1.807) is 11.8 Å². The first-order valence-electron chi connectivity index (χ1n) is 7.03. The Morgan fingerprint density at radius 1 is 1.23 bits per heavy atom. The third kappa shape index (κ3) is 5.73. The lowest BCUT2D eigenvalue weighted by molar-refractivity contribution is -0.120. The quantitative estimate of drug-likeness (QED) is 0.580. The number of halogens is 1. The first-order valence-corrected chi connectivity index (χ1v) is 8.70. The van der Waals surface area contributed by atoms with Gasteiger partial charge in [-0.2, -0.15) is 0 Å². The Balaban J connectivity index is 1.69. The molecule has 0 aliphatic heterocycles. The molecule has 0 aliphatic carbocycles. The third-order valence-electron chi connectivity index (χ3n) is 2.89. The van der Waals surface area contributed by atoms with Gasteiger partial charge in [-0.25, -0.2) is 0 Å². The van der Waals surface area contributed by atoms with E-state index in [0.717, 1.165) is 15.1 Å². The summed E-state index contributed by atoms with van der Waals surface area (Å²) >= 11 is 4.94. The topological polar surface area (TPSA) is 38.3 Å². The van der Waals surface area contributed by atoms with Gasteiger partial charge in [-0.3, -0.25) is 4.79 Å². The zero-order chi connectivity index (χ0) is 15.8. The Morgan fingerprint density at radius 2 is 2.00 bits per heavy atom. The second kappa shape index (κ2) is 8.86. The maximum Gasteiger partial charge on any atom is 0.233 e. The number of carbonyl (C=O) groups is 1. The van der Waals surface area contributed by atoms with Gasteiger partial charge in [-0.15, -0.1) is 11.8 Å². The van der Waals surface area contributed by atoms with Gasteiger partial charge in [0.15, 0.2) is 0 Å². The molecule has 2 aromatic rings. The largest absolute Gasteiger partial charge is 0.492 e. The van der Waals surface area contributed by atoms with E-state index < -0.39 is 0 Å². The Labute approximate surface area is 143 Å². The van der Waals surface area contributed by atoms with Gasteiger partial charge in [-0.1, -0.05) is 40.2 Å². The lowest BCUT2D eigenvalue weighted by atomic mass is 10.3. The van der Waals surface area contributed by atoms with E-state index >= 15 is 0 Å². The Morgan fingerprint density at radius 3 is 2.73 bits per heavy atom. The van der Waals surface area contributed by atoms with Gasteiger partial charge in [0.2, 0.25) is 5.91 Å². The molecule has 3 nitrogen and oxygen atoms in total. The van der Waals surface area contributed by atoms with Crippen molar-refractivity contribution in [2.24, 2.45) is 0 Å². The lowest BCUT2D eigenvalue weighted by Gasteiger charge is -2.12. The molecule has 0 fully saturated rings. The molecule has 0 spiro atoms. The summed E-state index contributed by atoms with van der Waals surface area (Å²) in [4.78, 5) is 13.1. The fourth-order valence-corrected chi connectivity index (χ4v) is 3.09. The van der Waals surface area contributed by atoms with Gasteiger partial charge in [0.05, 0.1) is 11.8 Å². The summed E-state index contributed by atoms with van der Waals surface area (Å²) < 4.78 is 6.56. The predicted octanol–water partition coefficient (Wildman–Crippen LogP) is 4.12. The minimum atomic E-state index is -0.131. The van der Waals surface area contributed by atoms with Crippen LogP contribution in [-0.2, 0) is 4.79 Å². The second-order valence-electron chi connectivity index (χ2n) is 4.67. The fraction of sp³-hybridized carbons (Fsp3) is 0.235. The second-order valence-corrected chi connectivity index (χ2v) is 7.00. The van der Waals surface area contributed by atoms with Gasteiger partial charge in [-0.05, 0) is 37.3 Å². The molecule has 1 N–H and O–H groups in total. The maximum atomic E-state index is 12.0. The number of carbonyl (C=O) groups excluding carboxylic acids is 1. The number of amides is 1. The van der Waals surface area contributed by atoms with Gasteiger partial charge >= 0.3 is 0 Å². The number of rotatable bonds is 7. The highest BCUT2D eigenvalue weighted by molar-refractivity contribution is 9.10. The molecule has 0 heterocycles. The van der Waals surface area contributed by atoms with Crippen molar-refractivity contribution < 1.29 is 9.53 Å². The summed E-state index contributed by atoms with van der Waals surface area (Å²) in [6, 6.07) is 17.6. The third-order valence-corrected chi connectivity index (χ3v) is 4.50. The van der Waals surface area contributed by atoms with Crippen molar-refractivity contribution in [1.82, 2.24) is 5.32 Å². The maximum absolute atomic E-state index is 12.0. The molecule has 116 valence electrons. The molecule has 0 saturated carbocycles. The minimum Gasteiger partial charge on any atom is -0.492 e. The van der Waals surface area contributed by atoms with E-state index in [1.807, 2.05) is 61.5 Å². The van der Waals surface area contributed by atoms with Crippen LogP contribution in [0.3, 0.4) is 0 Å². The van der Waals surface area contributed by atoms with E-state index in [4.69, 9.17) is 4.74 Å². The summed E-state index contributed by atoms with van der Waals surface area (Å²) in [6.07, 6.45) is 0. The SMILES string of the molecule is CC(Sc1ccccc1)C(=O)NCCOc1cccc(Br)c1. The summed E-state index contributed by atoms with van der Waals surface area (Å²) in [7, 11) is 0. The monoisotopic (exact) mass is 379 g/mol. The van der Waals surface area contributed by atoms with Gasteiger partial charge < -0.3 is 10.1 Å². The van der Waals surface area contributed by atoms with Crippen LogP contribution in [0.25, 0.3) is 0 Å². The molecule has 0 bridgehead atoms. The average Bonchev–Trinajstić information content (AvgIpc) is 2.52. The van der Waals surface area contributed by atoms with Crippen LogP contribution in [0.2, 0.25) is 0 Å². The molecule has 1 unspecified atom stereocenters. The number of ether oxygens (including phenoxy) is 1. The molecular weight excluding hydrogens is 362 g/mol. The Kier molecular flexibility index (Phi) is 6.80. The molecule has 1 amide bonds. The highest BCUT2D eigenvalue weighted by atomic mass is 79.9. The van der Waals surface area contributed by atoms with Crippen LogP contribution < -0.4 is 10.1 Å². The highest BCUT2D eigenvalue weighted by Gasteiger charge is 2.13. The van der Waals surface area contributed by atoms with Crippen LogP contribution in [-0.4, -0.2) is 24.3 Å². The highest BCUT2D eigenvalue weighted by Crippen LogP contribution is 2.22. The van der Waals surface area contributed by atoms with Crippen LogP contribution in [0.5, 0.6) is 5.75 Å². The van der Waals surface area contributed by atoms with Gasteiger partial charge in [0.1, 0.15) is 12.4 Å². The van der Waals surface area contributed by atoms with Crippen molar-refractivity contribution in [3.8, 4) is 5.75 Å². The number of benzene rings is 2. The Hall–Kier alpha value is -1.46. The molecule has 0 aromatic heterocycles. The number of thioether (sulfide) groups is 1. The van der Waals surface area contributed by atoms with Gasteiger partial charge in [0.25, 0.3) is 0 Å². The van der Waals surface area contributed by atoms with Crippen LogP contribution >= 0.6 is 27.7 Å². The lowest BCUT2D eigenvalue weighted by Crippen LogP contribution is -2.33. The van der Waals surface area contributed by atoms with Crippen molar-refractivity contribution in [2.45, 2.75) is 17.1 Å². The number of hydrogen-bond acceptors (Lipinski definition) is 3. The molecule has 5 heteroatoms. The summed E-state index contributed by atoms with van der Waals surface area (Å²) in [5.74, 6) is 0.807. The first-order chi connectivity index (χ1) is 10.6. The number of nitrogens with one attached hydrogen (secondary N) is 1. The van der Waals surface area contributed by atoms with E-state index in [-0.39, 0.29) is 11.2 Å². The summed E-state index contributed by atoms with van der Waals surface area (Å²) in [5, 5.41) is 2.76. The molecule has 1 atom stereocenters. The Bertz CT molecular complexity index is 607. The van der Waals surface area contributed by atoms with Crippen LogP contribution in [0, 0.1) is 0 Å². The van der Waals surface area contributed by atoms with Crippen LogP contribution in [0.1, 0.15) is 6.92 Å². The van der Waals surface area contributed by atoms with Crippen LogP contribution in [0.4, 0.5) is 0 Å². The predicted molar refractivity (Wildman–Crippen MR) is 94.4 cm³/mol. The summed E-state index contributed by atoms with van der Waals surface area (Å²) in [6.45, 7) is 2.85. The molecule has 22 heavy (non-hydrogen) atoms. The smallest absolute Gasteiger partial charge is 0.233 e. The van der Waals surface area contributed by atoms with Crippen molar-refractivity contribution in [1.29, 1.82) is 0 Å². The van der Waals surface area contributed by atoms with E-state index in [1.165, 1.54) is 0 Å². The summed E-state index contributed by atoms with van der Waals surface area (Å²) in [5.41, 5.74) is 0. The molecular formula is C17H18BrNO2S. The van der Waals surface area contributed by atoms with Crippen molar-refractivity contribution in [3.63, 3.8) is 0 Å². The molecule has 0 aliphatic rings. The van der Waals surface area contributed by atoms with Crippen LogP contribution in [0.15, 0.2) is 64.0 Å². The minimum absolute atomic E-state index is 0.0201. The van der Waals surface area contributed by atoms with Crippen molar-refractivity contribution in [2.75, 3.05) is 13.2 Å². The van der Waals surface area contributed by atoms with Crippen molar-refractivity contribution in [3.05, 3.63) is 59.1 Å². The van der Waals surface area contributed by atoms with Gasteiger partial charge in [0, 0.05) is 9.37 Å². The fourth-order valence-electron chi connectivity index (χ4n) is 1.80. The zero-order valence-corrected chi connectivity index (χ0v) is 14.7. The molecule has 0 radical (unpaired) electrons. The number of hydrogen-bond donors (Lipinski definition) is 1. The van der Waals surface area contributed by atoms with E-state index in [2.05, 4.69) is 21.2 Å². The van der Waals surface area contributed by atoms with E-state index in [0.29, 0.717) is 13.2 Å². The molecule has 2 rings (SSSR count). The standard InChI is InChI=1S/C17H18BrNO2S/c1-13(22-16-8-3-2-4-9-16)17(20)19-10-11-21-15-7-5-6-14(18)12-15/h2-9,12-13H,10-11H2,1H3,(H,19,20). The molecule has 0 saturated heterocycles. The first kappa shape index (κ1) is 16.9. The van der Waals surface area contributed by atoms with E-state index in [9.17, 15) is 4.79 Å². The normalized spacial score (nSPS) is 11.7.